The number of amides is 1. The molecule has 18 heavy (non-hydrogen) atoms. The van der Waals surface area contributed by atoms with Crippen LogP contribution in [0, 0.1) is 0 Å². The van der Waals surface area contributed by atoms with Gasteiger partial charge in [-0.15, -0.1) is 0 Å². The third-order valence-corrected chi connectivity index (χ3v) is 4.83. The number of nitrogens with zero attached hydrogens (tertiary/aromatic N) is 1. The van der Waals surface area contributed by atoms with Crippen LogP contribution in [0.4, 0.5) is 0 Å². The van der Waals surface area contributed by atoms with Gasteiger partial charge in [-0.25, -0.2) is 8.42 Å². The van der Waals surface area contributed by atoms with Crippen molar-refractivity contribution in [1.29, 1.82) is 0 Å². The number of carbonyl (C=O) groups is 1. The highest BCUT2D eigenvalue weighted by molar-refractivity contribution is 7.91. The second kappa shape index (κ2) is 4.56. The van der Waals surface area contributed by atoms with Crippen molar-refractivity contribution in [3.8, 4) is 0 Å². The smallest absolute Gasteiger partial charge is 0.270 e. The Morgan fingerprint density at radius 3 is 2.72 bits per heavy atom. The molecule has 1 aliphatic rings. The van der Waals surface area contributed by atoms with Gasteiger partial charge in [0.1, 0.15) is 5.69 Å². The van der Waals surface area contributed by atoms with Gasteiger partial charge < -0.3 is 9.88 Å². The van der Waals surface area contributed by atoms with Crippen molar-refractivity contribution in [2.75, 3.05) is 18.6 Å². The van der Waals surface area contributed by atoms with Crippen LogP contribution in [0.5, 0.6) is 0 Å². The first-order valence-electron chi connectivity index (χ1n) is 5.56. The Kier molecular flexibility index (Phi) is 3.25. The molecule has 1 aliphatic heterocycles. The van der Waals surface area contributed by atoms with Crippen LogP contribution in [0.3, 0.4) is 0 Å². The molecule has 0 aliphatic carbocycles. The number of hydrogen-bond donors (Lipinski definition) is 1. The van der Waals surface area contributed by atoms with Gasteiger partial charge >= 0.3 is 0 Å². The third kappa shape index (κ3) is 2.61. The molecule has 98 valence electrons. The lowest BCUT2D eigenvalue weighted by Gasteiger charge is -2.23. The Labute approximate surface area is 105 Å². The average Bonchev–Trinajstić information content (AvgIpc) is 2.68. The molecular formula is C11H14N2O4S. The van der Waals surface area contributed by atoms with E-state index in [1.807, 2.05) is 0 Å². The van der Waals surface area contributed by atoms with Crippen molar-refractivity contribution in [1.82, 2.24) is 9.88 Å². The number of rotatable bonds is 2. The molecule has 1 unspecified atom stereocenters. The second-order valence-corrected chi connectivity index (χ2v) is 6.63. The summed E-state index contributed by atoms with van der Waals surface area (Å²) in [4.78, 5) is 27.0. The Bertz CT molecular complexity index is 620. The maximum atomic E-state index is 12.1. The highest BCUT2D eigenvalue weighted by atomic mass is 32.2. The molecule has 1 N–H and O–H groups in total. The lowest BCUT2D eigenvalue weighted by molar-refractivity contribution is 0.0741. The van der Waals surface area contributed by atoms with E-state index < -0.39 is 9.84 Å². The van der Waals surface area contributed by atoms with Crippen LogP contribution >= 0.6 is 0 Å². The van der Waals surface area contributed by atoms with Crippen LogP contribution in [0.25, 0.3) is 0 Å². The summed E-state index contributed by atoms with van der Waals surface area (Å²) in [6.07, 6.45) is 0.446. The van der Waals surface area contributed by atoms with Gasteiger partial charge in [-0.3, -0.25) is 9.59 Å². The van der Waals surface area contributed by atoms with E-state index >= 15 is 0 Å². The number of H-pyrrole nitrogens is 1. The van der Waals surface area contributed by atoms with Gasteiger partial charge in [-0.2, -0.15) is 0 Å². The minimum absolute atomic E-state index is 0.00763. The van der Waals surface area contributed by atoms with Gasteiger partial charge in [0.15, 0.2) is 9.84 Å². The van der Waals surface area contributed by atoms with E-state index in [1.165, 1.54) is 23.1 Å². The lowest BCUT2D eigenvalue weighted by Crippen LogP contribution is -2.38. The fourth-order valence-electron chi connectivity index (χ4n) is 2.01. The molecule has 2 rings (SSSR count). The fourth-order valence-corrected chi connectivity index (χ4v) is 3.78. The van der Waals surface area contributed by atoms with E-state index in [9.17, 15) is 18.0 Å². The highest BCUT2D eigenvalue weighted by Crippen LogP contribution is 2.17. The monoisotopic (exact) mass is 270 g/mol. The molecule has 0 bridgehead atoms. The fraction of sp³-hybridized carbons (Fsp3) is 0.455. The van der Waals surface area contributed by atoms with Crippen LogP contribution in [0.15, 0.2) is 23.0 Å². The summed E-state index contributed by atoms with van der Waals surface area (Å²) >= 11 is 0. The number of carbonyl (C=O) groups excluding carboxylic acids is 1. The molecule has 1 amide bonds. The maximum absolute atomic E-state index is 12.1. The lowest BCUT2D eigenvalue weighted by atomic mass is 10.2. The summed E-state index contributed by atoms with van der Waals surface area (Å²) in [5, 5.41) is 0. The average molecular weight is 270 g/mol. The number of nitrogens with one attached hydrogen (secondary N) is 1. The van der Waals surface area contributed by atoms with Crippen LogP contribution in [-0.2, 0) is 9.84 Å². The summed E-state index contributed by atoms with van der Waals surface area (Å²) in [7, 11) is -1.48. The molecule has 7 heteroatoms. The molecule has 0 radical (unpaired) electrons. The second-order valence-electron chi connectivity index (χ2n) is 4.40. The molecule has 1 saturated heterocycles. The van der Waals surface area contributed by atoms with Gasteiger partial charge in [0.2, 0.25) is 5.56 Å². The first kappa shape index (κ1) is 12.8. The number of sulfone groups is 1. The molecule has 1 aromatic heterocycles. The molecule has 1 aromatic rings. The van der Waals surface area contributed by atoms with Crippen molar-refractivity contribution in [2.24, 2.45) is 0 Å². The van der Waals surface area contributed by atoms with Gasteiger partial charge in [-0.1, -0.05) is 6.07 Å². The van der Waals surface area contributed by atoms with E-state index in [0.29, 0.717) is 6.42 Å². The highest BCUT2D eigenvalue weighted by Gasteiger charge is 2.33. The summed E-state index contributed by atoms with van der Waals surface area (Å²) in [5.41, 5.74) is -0.178. The van der Waals surface area contributed by atoms with Crippen molar-refractivity contribution in [3.63, 3.8) is 0 Å². The summed E-state index contributed by atoms with van der Waals surface area (Å²) < 4.78 is 22.7. The largest absolute Gasteiger partial charge is 0.336 e. The number of aromatic nitrogens is 1. The van der Waals surface area contributed by atoms with E-state index in [4.69, 9.17) is 0 Å². The zero-order valence-electron chi connectivity index (χ0n) is 9.92. The molecule has 1 fully saturated rings. The SMILES string of the molecule is CN(C(=O)c1cccc(=O)[nH]1)C1CCS(=O)(=O)C1. The molecule has 0 aromatic carbocycles. The number of hydrogen-bond acceptors (Lipinski definition) is 4. The predicted octanol–water partition coefficient (Wildman–Crippen LogP) is -0.366. The standard InChI is InChI=1S/C11H14N2O4S/c1-13(8-5-6-18(16,17)7-8)11(15)9-3-2-4-10(14)12-9/h2-4,8H,5-7H2,1H3,(H,12,14). The van der Waals surface area contributed by atoms with Crippen molar-refractivity contribution >= 4 is 15.7 Å². The summed E-state index contributed by atoms with van der Waals surface area (Å²) in [5.74, 6) is -0.262. The molecule has 2 heterocycles. The zero-order chi connectivity index (χ0) is 13.3. The third-order valence-electron chi connectivity index (χ3n) is 3.08. The molecule has 0 spiro atoms. The van der Waals surface area contributed by atoms with E-state index in [-0.39, 0.29) is 34.7 Å². The van der Waals surface area contributed by atoms with Crippen LogP contribution < -0.4 is 5.56 Å². The molecule has 0 saturated carbocycles. The van der Waals surface area contributed by atoms with E-state index in [1.54, 1.807) is 7.05 Å². The van der Waals surface area contributed by atoms with Crippen LogP contribution in [0.2, 0.25) is 0 Å². The quantitative estimate of drug-likeness (QED) is 0.794. The van der Waals surface area contributed by atoms with Crippen molar-refractivity contribution < 1.29 is 13.2 Å². The van der Waals surface area contributed by atoms with E-state index in [0.717, 1.165) is 0 Å². The van der Waals surface area contributed by atoms with Gasteiger partial charge in [0, 0.05) is 19.2 Å². The maximum Gasteiger partial charge on any atom is 0.270 e. The first-order chi connectivity index (χ1) is 8.39. The minimum Gasteiger partial charge on any atom is -0.336 e. The van der Waals surface area contributed by atoms with Gasteiger partial charge in [0.05, 0.1) is 11.5 Å². The van der Waals surface area contributed by atoms with E-state index in [2.05, 4.69) is 4.98 Å². The summed E-state index contributed by atoms with van der Waals surface area (Å²) in [6.45, 7) is 0. The van der Waals surface area contributed by atoms with Crippen LogP contribution in [0.1, 0.15) is 16.9 Å². The summed E-state index contributed by atoms with van der Waals surface area (Å²) in [6, 6.07) is 4.00. The Morgan fingerprint density at radius 2 is 2.17 bits per heavy atom. The first-order valence-corrected chi connectivity index (χ1v) is 7.38. The zero-order valence-corrected chi connectivity index (χ0v) is 10.7. The topological polar surface area (TPSA) is 87.3 Å². The Morgan fingerprint density at radius 1 is 1.44 bits per heavy atom. The van der Waals surface area contributed by atoms with Crippen molar-refractivity contribution in [3.05, 3.63) is 34.2 Å². The normalized spacial score (nSPS) is 21.7. The Balaban J connectivity index is 2.17. The molecular weight excluding hydrogens is 256 g/mol. The predicted molar refractivity (Wildman–Crippen MR) is 66.2 cm³/mol. The van der Waals surface area contributed by atoms with Gasteiger partial charge in [-0.05, 0) is 12.5 Å². The Hall–Kier alpha value is -1.63. The molecule has 6 nitrogen and oxygen atoms in total. The van der Waals surface area contributed by atoms with Crippen molar-refractivity contribution in [2.45, 2.75) is 12.5 Å². The van der Waals surface area contributed by atoms with Gasteiger partial charge in [0.25, 0.3) is 5.91 Å². The molecule has 1 atom stereocenters. The number of pyridine rings is 1. The number of aromatic amines is 1. The minimum atomic E-state index is -3.03. The van der Waals surface area contributed by atoms with Crippen LogP contribution in [-0.4, -0.2) is 48.8 Å².